The number of aryl methyl sites for hydroxylation is 1. The predicted octanol–water partition coefficient (Wildman–Crippen LogP) is 0.904. The Morgan fingerprint density at radius 2 is 2.35 bits per heavy atom. The minimum Gasteiger partial charge on any atom is -0.377 e. The third-order valence-corrected chi connectivity index (χ3v) is 5.36. The molecule has 1 aromatic heterocycles. The third kappa shape index (κ3) is 3.57. The number of hydrogen-bond acceptors (Lipinski definition) is 6. The van der Waals surface area contributed by atoms with Gasteiger partial charge in [0.25, 0.3) is 0 Å². The molecule has 2 heterocycles. The van der Waals surface area contributed by atoms with Gasteiger partial charge in [0, 0.05) is 12.7 Å². The molecule has 0 radical (unpaired) electrons. The number of ether oxygens (including phenoxy) is 1. The Morgan fingerprint density at radius 3 is 2.90 bits per heavy atom. The normalized spacial score (nSPS) is 20.8. The minimum absolute atomic E-state index is 0.126. The van der Waals surface area contributed by atoms with E-state index >= 15 is 0 Å². The highest BCUT2D eigenvalue weighted by Gasteiger charge is 2.32. The summed E-state index contributed by atoms with van der Waals surface area (Å²) in [6, 6.07) is 1.53. The smallest absolute Gasteiger partial charge is 0.243 e. The van der Waals surface area contributed by atoms with E-state index in [4.69, 9.17) is 9.26 Å². The van der Waals surface area contributed by atoms with Crippen molar-refractivity contribution in [3.63, 3.8) is 0 Å². The number of rotatable bonds is 5. The minimum atomic E-state index is -3.55. The van der Waals surface area contributed by atoms with Crippen molar-refractivity contribution < 1.29 is 22.5 Å². The summed E-state index contributed by atoms with van der Waals surface area (Å²) in [5, 5.41) is 4.88. The van der Waals surface area contributed by atoms with Crippen LogP contribution in [0.2, 0.25) is 0 Å². The Hall–Kier alpha value is -1.41. The van der Waals surface area contributed by atoms with E-state index in [9.17, 15) is 13.2 Å². The fourth-order valence-corrected chi connectivity index (χ4v) is 3.45. The number of aromatic nitrogens is 1. The molecule has 7 nitrogen and oxygen atoms in total. The van der Waals surface area contributed by atoms with Gasteiger partial charge in [0.2, 0.25) is 5.91 Å². The second kappa shape index (κ2) is 5.92. The molecule has 1 saturated heterocycles. The molecular formula is C12H18N2O5S. The van der Waals surface area contributed by atoms with Crippen molar-refractivity contribution in [2.75, 3.05) is 17.7 Å². The number of hydrogen-bond donors (Lipinski definition) is 1. The lowest BCUT2D eigenvalue weighted by atomic mass is 10.3. The van der Waals surface area contributed by atoms with Crippen LogP contribution in [-0.4, -0.2) is 43.2 Å². The summed E-state index contributed by atoms with van der Waals surface area (Å²) in [4.78, 5) is 11.9. The van der Waals surface area contributed by atoms with Crippen LogP contribution in [0.25, 0.3) is 0 Å². The summed E-state index contributed by atoms with van der Waals surface area (Å²) in [5.74, 6) is 0.0116. The Kier molecular flexibility index (Phi) is 4.44. The Labute approximate surface area is 117 Å². The summed E-state index contributed by atoms with van der Waals surface area (Å²) >= 11 is 0. The van der Waals surface area contributed by atoms with Crippen molar-refractivity contribution in [2.24, 2.45) is 0 Å². The van der Waals surface area contributed by atoms with Gasteiger partial charge in [-0.1, -0.05) is 5.16 Å². The standard InChI is InChI=1S/C12H18N2O5S/c1-8-6-11(14-19-8)13-12(15)9(2)20(16,17)7-10-4-3-5-18-10/h6,9-10H,3-5,7H2,1-2H3,(H,13,14,15)/t9-,10-/m1/s1. The molecule has 1 amide bonds. The molecule has 0 unspecified atom stereocenters. The molecule has 20 heavy (non-hydrogen) atoms. The Balaban J connectivity index is 1.97. The molecule has 0 aliphatic carbocycles. The zero-order valence-corrected chi connectivity index (χ0v) is 12.3. The Morgan fingerprint density at radius 1 is 1.60 bits per heavy atom. The first-order chi connectivity index (χ1) is 9.38. The van der Waals surface area contributed by atoms with Crippen LogP contribution < -0.4 is 5.32 Å². The lowest BCUT2D eigenvalue weighted by Gasteiger charge is -2.15. The van der Waals surface area contributed by atoms with E-state index in [0.717, 1.165) is 12.8 Å². The number of amides is 1. The van der Waals surface area contributed by atoms with E-state index in [0.29, 0.717) is 12.4 Å². The maximum atomic E-state index is 12.1. The molecule has 1 aliphatic rings. The van der Waals surface area contributed by atoms with Crippen LogP contribution in [0.3, 0.4) is 0 Å². The molecule has 2 atom stereocenters. The number of nitrogens with one attached hydrogen (secondary N) is 1. The summed E-state index contributed by atoms with van der Waals surface area (Å²) in [6.45, 7) is 3.63. The van der Waals surface area contributed by atoms with Crippen LogP contribution in [0.15, 0.2) is 10.6 Å². The van der Waals surface area contributed by atoms with Crippen molar-refractivity contribution in [2.45, 2.75) is 38.0 Å². The van der Waals surface area contributed by atoms with Crippen LogP contribution in [0.1, 0.15) is 25.5 Å². The van der Waals surface area contributed by atoms with Gasteiger partial charge >= 0.3 is 0 Å². The number of carbonyl (C=O) groups is 1. The zero-order chi connectivity index (χ0) is 14.8. The zero-order valence-electron chi connectivity index (χ0n) is 11.5. The topological polar surface area (TPSA) is 98.5 Å². The highest BCUT2D eigenvalue weighted by atomic mass is 32.2. The van der Waals surface area contributed by atoms with Gasteiger partial charge in [0.15, 0.2) is 15.7 Å². The van der Waals surface area contributed by atoms with Crippen LogP contribution in [-0.2, 0) is 19.4 Å². The largest absolute Gasteiger partial charge is 0.377 e. The number of anilines is 1. The van der Waals surface area contributed by atoms with E-state index < -0.39 is 21.0 Å². The van der Waals surface area contributed by atoms with Gasteiger partial charge in [-0.2, -0.15) is 0 Å². The molecule has 0 aromatic carbocycles. The SMILES string of the molecule is Cc1cc(NC(=O)[C@@H](C)S(=O)(=O)C[C@H]2CCCO2)no1. The van der Waals surface area contributed by atoms with Gasteiger partial charge < -0.3 is 14.6 Å². The van der Waals surface area contributed by atoms with E-state index in [2.05, 4.69) is 10.5 Å². The van der Waals surface area contributed by atoms with Gasteiger partial charge in [-0.25, -0.2) is 8.42 Å². The molecule has 0 spiro atoms. The maximum absolute atomic E-state index is 12.1. The van der Waals surface area contributed by atoms with Gasteiger partial charge in [-0.3, -0.25) is 4.79 Å². The molecule has 1 fully saturated rings. The lowest BCUT2D eigenvalue weighted by molar-refractivity contribution is -0.115. The van der Waals surface area contributed by atoms with E-state index in [-0.39, 0.29) is 17.7 Å². The van der Waals surface area contributed by atoms with Crippen LogP contribution in [0.4, 0.5) is 5.82 Å². The summed E-state index contributed by atoms with van der Waals surface area (Å²) < 4.78 is 34.4. The first-order valence-electron chi connectivity index (χ1n) is 6.46. The van der Waals surface area contributed by atoms with Crippen molar-refractivity contribution in [3.05, 3.63) is 11.8 Å². The van der Waals surface area contributed by atoms with Gasteiger partial charge in [-0.15, -0.1) is 0 Å². The highest BCUT2D eigenvalue weighted by molar-refractivity contribution is 7.92. The quantitative estimate of drug-likeness (QED) is 0.868. The molecule has 8 heteroatoms. The molecule has 112 valence electrons. The fourth-order valence-electron chi connectivity index (χ4n) is 2.00. The van der Waals surface area contributed by atoms with Gasteiger partial charge in [-0.05, 0) is 26.7 Å². The van der Waals surface area contributed by atoms with Crippen molar-refractivity contribution in [3.8, 4) is 0 Å². The summed E-state index contributed by atoms with van der Waals surface area (Å²) in [5.41, 5.74) is 0. The number of carbonyl (C=O) groups excluding carboxylic acids is 1. The molecule has 1 aromatic rings. The maximum Gasteiger partial charge on any atom is 0.243 e. The van der Waals surface area contributed by atoms with Crippen molar-refractivity contribution in [1.29, 1.82) is 0 Å². The molecule has 0 saturated carbocycles. The first-order valence-corrected chi connectivity index (χ1v) is 8.17. The average molecular weight is 302 g/mol. The molecular weight excluding hydrogens is 284 g/mol. The Bertz CT molecular complexity index is 574. The molecule has 1 aliphatic heterocycles. The van der Waals surface area contributed by atoms with Crippen molar-refractivity contribution in [1.82, 2.24) is 5.16 Å². The summed E-state index contributed by atoms with van der Waals surface area (Å²) in [7, 11) is -3.55. The number of nitrogens with zero attached hydrogens (tertiary/aromatic N) is 1. The van der Waals surface area contributed by atoms with Gasteiger partial charge in [0.05, 0.1) is 11.9 Å². The second-order valence-electron chi connectivity index (χ2n) is 4.92. The predicted molar refractivity (Wildman–Crippen MR) is 72.1 cm³/mol. The van der Waals surface area contributed by atoms with E-state index in [1.54, 1.807) is 6.92 Å². The number of sulfone groups is 1. The molecule has 0 bridgehead atoms. The first kappa shape index (κ1) is 15.0. The van der Waals surface area contributed by atoms with Crippen LogP contribution in [0, 0.1) is 6.92 Å². The average Bonchev–Trinajstić information content (AvgIpc) is 3.00. The van der Waals surface area contributed by atoms with Gasteiger partial charge in [0.1, 0.15) is 11.0 Å². The lowest BCUT2D eigenvalue weighted by Crippen LogP contribution is -2.37. The fraction of sp³-hybridized carbons (Fsp3) is 0.667. The molecule has 2 rings (SSSR count). The van der Waals surface area contributed by atoms with Crippen LogP contribution in [0.5, 0.6) is 0 Å². The van der Waals surface area contributed by atoms with E-state index in [1.165, 1.54) is 13.0 Å². The second-order valence-corrected chi connectivity index (χ2v) is 7.28. The van der Waals surface area contributed by atoms with Crippen molar-refractivity contribution >= 4 is 21.6 Å². The monoisotopic (exact) mass is 302 g/mol. The summed E-state index contributed by atoms with van der Waals surface area (Å²) in [6.07, 6.45) is 1.28. The third-order valence-electron chi connectivity index (χ3n) is 3.23. The van der Waals surface area contributed by atoms with E-state index in [1.807, 2.05) is 0 Å². The highest BCUT2D eigenvalue weighted by Crippen LogP contribution is 2.17. The van der Waals surface area contributed by atoms with Crippen LogP contribution >= 0.6 is 0 Å². The molecule has 1 N–H and O–H groups in total.